The molecule has 0 radical (unpaired) electrons. The molecule has 0 N–H and O–H groups in total. The Labute approximate surface area is 67.7 Å². The number of allylic oxidation sites excluding steroid dienone is 4. The van der Waals surface area contributed by atoms with Crippen molar-refractivity contribution in [2.75, 3.05) is 0 Å². The smallest absolute Gasteiger partial charge is 0.258 e. The predicted molar refractivity (Wildman–Crippen MR) is 39.4 cm³/mol. The quantitative estimate of drug-likeness (QED) is 0.369. The molecule has 0 aliphatic heterocycles. The summed E-state index contributed by atoms with van der Waals surface area (Å²) in [6.07, 6.45) is 0.681. The van der Waals surface area contributed by atoms with E-state index >= 15 is 0 Å². The standard InChI is InChI=1S/C7H5ClF2O/c1-3-5(10)6(4(2)9)7(8)11/h3H,1-2H2/b6-5-. The van der Waals surface area contributed by atoms with E-state index < -0.39 is 22.5 Å². The van der Waals surface area contributed by atoms with Gasteiger partial charge in [0, 0.05) is 0 Å². The molecule has 0 heterocycles. The molecule has 0 aromatic carbocycles. The van der Waals surface area contributed by atoms with Gasteiger partial charge in [-0.15, -0.1) is 0 Å². The molecule has 1 nitrogen and oxygen atoms in total. The zero-order chi connectivity index (χ0) is 9.02. The van der Waals surface area contributed by atoms with E-state index in [1.165, 1.54) is 0 Å². The minimum absolute atomic E-state index is 0.681. The fraction of sp³-hybridized carbons (Fsp3) is 0. The van der Waals surface area contributed by atoms with Gasteiger partial charge >= 0.3 is 0 Å². The zero-order valence-electron chi connectivity index (χ0n) is 5.53. The van der Waals surface area contributed by atoms with Crippen LogP contribution in [0.4, 0.5) is 8.78 Å². The number of rotatable bonds is 3. The molecule has 4 heteroatoms. The summed E-state index contributed by atoms with van der Waals surface area (Å²) in [7, 11) is 0. The van der Waals surface area contributed by atoms with Crippen molar-refractivity contribution >= 4 is 16.8 Å². The number of carbonyl (C=O) groups is 1. The van der Waals surface area contributed by atoms with Gasteiger partial charge in [-0.25, -0.2) is 8.78 Å². The Morgan fingerprint density at radius 3 is 2.00 bits per heavy atom. The van der Waals surface area contributed by atoms with Crippen LogP contribution in [0.3, 0.4) is 0 Å². The van der Waals surface area contributed by atoms with Gasteiger partial charge in [0.25, 0.3) is 5.24 Å². The molecule has 0 saturated carbocycles. The van der Waals surface area contributed by atoms with Crippen LogP contribution in [0.1, 0.15) is 0 Å². The highest BCUT2D eigenvalue weighted by Crippen LogP contribution is 2.18. The van der Waals surface area contributed by atoms with Crippen LogP contribution in [-0.4, -0.2) is 5.24 Å². The Morgan fingerprint density at radius 1 is 1.45 bits per heavy atom. The van der Waals surface area contributed by atoms with E-state index in [9.17, 15) is 13.6 Å². The lowest BCUT2D eigenvalue weighted by Gasteiger charge is -1.95. The summed E-state index contributed by atoms with van der Waals surface area (Å²) >= 11 is 4.83. The molecule has 0 rings (SSSR count). The summed E-state index contributed by atoms with van der Waals surface area (Å²) < 4.78 is 24.7. The summed E-state index contributed by atoms with van der Waals surface area (Å²) in [5.74, 6) is -2.32. The minimum atomic E-state index is -1.23. The molecule has 0 unspecified atom stereocenters. The number of halogens is 3. The molecule has 60 valence electrons. The topological polar surface area (TPSA) is 17.1 Å². The molecular formula is C7H5ClF2O. The van der Waals surface area contributed by atoms with Crippen molar-refractivity contribution in [1.29, 1.82) is 0 Å². The molecule has 11 heavy (non-hydrogen) atoms. The van der Waals surface area contributed by atoms with E-state index in [0.29, 0.717) is 6.08 Å². The first-order valence-electron chi connectivity index (χ1n) is 2.57. The average molecular weight is 179 g/mol. The van der Waals surface area contributed by atoms with E-state index in [-0.39, 0.29) is 0 Å². The SMILES string of the molecule is C=C/C(F)=C(\C(=C)F)C(=O)Cl. The zero-order valence-corrected chi connectivity index (χ0v) is 6.29. The molecule has 0 amide bonds. The molecule has 0 saturated heterocycles. The molecular weight excluding hydrogens is 174 g/mol. The van der Waals surface area contributed by atoms with Crippen molar-refractivity contribution in [3.05, 3.63) is 36.5 Å². The lowest BCUT2D eigenvalue weighted by Crippen LogP contribution is -1.95. The molecule has 0 aliphatic carbocycles. The highest BCUT2D eigenvalue weighted by molar-refractivity contribution is 6.68. The Kier molecular flexibility index (Phi) is 3.68. The fourth-order valence-electron chi connectivity index (χ4n) is 0.432. The second kappa shape index (κ2) is 4.03. The van der Waals surface area contributed by atoms with Gasteiger partial charge in [0.2, 0.25) is 0 Å². The Balaban J connectivity index is 5.04. The number of hydrogen-bond acceptors (Lipinski definition) is 1. The molecule has 0 spiro atoms. The van der Waals surface area contributed by atoms with Crippen molar-refractivity contribution in [3.63, 3.8) is 0 Å². The van der Waals surface area contributed by atoms with Crippen LogP contribution in [0, 0.1) is 0 Å². The van der Waals surface area contributed by atoms with Gasteiger partial charge in [-0.2, -0.15) is 0 Å². The molecule has 0 atom stereocenters. The first-order chi connectivity index (χ1) is 5.00. The van der Waals surface area contributed by atoms with Crippen molar-refractivity contribution in [3.8, 4) is 0 Å². The molecule has 0 aliphatic rings. The van der Waals surface area contributed by atoms with E-state index in [1.54, 1.807) is 0 Å². The van der Waals surface area contributed by atoms with Crippen LogP contribution < -0.4 is 0 Å². The van der Waals surface area contributed by atoms with Crippen LogP contribution in [0.25, 0.3) is 0 Å². The third-order valence-corrected chi connectivity index (χ3v) is 1.07. The molecule has 0 fully saturated rings. The van der Waals surface area contributed by atoms with Crippen molar-refractivity contribution in [2.24, 2.45) is 0 Å². The maximum absolute atomic E-state index is 12.5. The van der Waals surface area contributed by atoms with Crippen molar-refractivity contribution in [1.82, 2.24) is 0 Å². The predicted octanol–water partition coefficient (Wildman–Crippen LogP) is 2.64. The summed E-state index contributed by atoms with van der Waals surface area (Å²) in [5.41, 5.74) is -0.873. The molecule has 0 bridgehead atoms. The summed E-state index contributed by atoms with van der Waals surface area (Å²) in [6.45, 7) is 5.72. The second-order valence-electron chi connectivity index (χ2n) is 1.61. The van der Waals surface area contributed by atoms with E-state index in [1.807, 2.05) is 0 Å². The summed E-state index contributed by atoms with van der Waals surface area (Å²) in [5, 5.41) is -1.23. The van der Waals surface area contributed by atoms with Gasteiger partial charge < -0.3 is 0 Å². The maximum Gasteiger partial charge on any atom is 0.258 e. The molecule has 0 aromatic heterocycles. The summed E-state index contributed by atoms with van der Waals surface area (Å²) in [6, 6.07) is 0. The van der Waals surface area contributed by atoms with Crippen molar-refractivity contribution < 1.29 is 13.6 Å². The maximum atomic E-state index is 12.5. The van der Waals surface area contributed by atoms with Crippen LogP contribution in [0.5, 0.6) is 0 Å². The van der Waals surface area contributed by atoms with Crippen LogP contribution >= 0.6 is 11.6 Å². The highest BCUT2D eigenvalue weighted by atomic mass is 35.5. The lowest BCUT2D eigenvalue weighted by molar-refractivity contribution is -0.108. The average Bonchev–Trinajstić information content (AvgIpc) is 1.85. The molecule has 0 aromatic rings. The first-order valence-corrected chi connectivity index (χ1v) is 2.95. The third kappa shape index (κ3) is 2.63. The monoisotopic (exact) mass is 178 g/mol. The summed E-state index contributed by atoms with van der Waals surface area (Å²) in [4.78, 5) is 10.3. The van der Waals surface area contributed by atoms with Crippen molar-refractivity contribution in [2.45, 2.75) is 0 Å². The number of carbonyl (C=O) groups excluding carboxylic acids is 1. The van der Waals surface area contributed by atoms with Gasteiger partial charge in [-0.3, -0.25) is 4.79 Å². The van der Waals surface area contributed by atoms with Crippen LogP contribution in [0.2, 0.25) is 0 Å². The minimum Gasteiger partial charge on any atom is -0.275 e. The first kappa shape index (κ1) is 10.0. The normalized spacial score (nSPS) is 11.9. The van der Waals surface area contributed by atoms with E-state index in [2.05, 4.69) is 13.2 Å². The highest BCUT2D eigenvalue weighted by Gasteiger charge is 2.14. The van der Waals surface area contributed by atoms with Crippen LogP contribution in [0.15, 0.2) is 36.5 Å². The van der Waals surface area contributed by atoms with Gasteiger partial charge in [0.05, 0.1) is 0 Å². The van der Waals surface area contributed by atoms with Gasteiger partial charge in [0.1, 0.15) is 17.2 Å². The number of hydrogen-bond donors (Lipinski definition) is 0. The van der Waals surface area contributed by atoms with Gasteiger partial charge in [0.15, 0.2) is 0 Å². The van der Waals surface area contributed by atoms with E-state index in [0.717, 1.165) is 0 Å². The Hall–Kier alpha value is -0.960. The van der Waals surface area contributed by atoms with Gasteiger partial charge in [-0.1, -0.05) is 13.2 Å². The second-order valence-corrected chi connectivity index (χ2v) is 1.95. The fourth-order valence-corrected chi connectivity index (χ4v) is 0.625. The van der Waals surface area contributed by atoms with E-state index in [4.69, 9.17) is 11.6 Å². The largest absolute Gasteiger partial charge is 0.275 e. The van der Waals surface area contributed by atoms with Gasteiger partial charge in [-0.05, 0) is 17.7 Å². The Morgan fingerprint density at radius 2 is 1.91 bits per heavy atom. The van der Waals surface area contributed by atoms with Crippen LogP contribution in [-0.2, 0) is 4.79 Å². The lowest BCUT2D eigenvalue weighted by atomic mass is 10.2. The third-order valence-electron chi connectivity index (χ3n) is 0.886. The Bertz CT molecular complexity index is 227.